The molecule has 0 radical (unpaired) electrons. The van der Waals surface area contributed by atoms with Crippen LogP contribution in [0.15, 0.2) is 36.5 Å². The standard InChI is InChI=1S/C26H30Cl2N2O4/c1-16(12-24(33)34)11-23(32)25-20-14-19(28)15-29-26(20)30(2)21(25)9-4-3-5-10-22(31)17-7-6-8-18(27)13-17/h6-8,13-16,22,31H,3-5,9-12H2,1-2H3,(H,33,34)/t16-,22+/m0/s1. The number of carboxylic acid groups (broad SMARTS) is 1. The van der Waals surface area contributed by atoms with Crippen molar-refractivity contribution < 1.29 is 19.8 Å². The van der Waals surface area contributed by atoms with Crippen LogP contribution in [0.25, 0.3) is 11.0 Å². The normalized spacial score (nSPS) is 13.2. The lowest BCUT2D eigenvalue weighted by atomic mass is 9.94. The number of benzene rings is 1. The van der Waals surface area contributed by atoms with E-state index in [1.807, 2.05) is 23.7 Å². The van der Waals surface area contributed by atoms with Gasteiger partial charge in [0.05, 0.1) is 11.1 Å². The Kier molecular flexibility index (Phi) is 9.11. The van der Waals surface area contributed by atoms with Crippen LogP contribution in [0.2, 0.25) is 10.0 Å². The van der Waals surface area contributed by atoms with Crippen molar-refractivity contribution in [1.29, 1.82) is 0 Å². The van der Waals surface area contributed by atoms with Gasteiger partial charge >= 0.3 is 5.97 Å². The molecule has 6 nitrogen and oxygen atoms in total. The van der Waals surface area contributed by atoms with Crippen LogP contribution in [0.4, 0.5) is 0 Å². The lowest BCUT2D eigenvalue weighted by molar-refractivity contribution is -0.137. The summed E-state index contributed by atoms with van der Waals surface area (Å²) in [6.07, 6.45) is 4.96. The minimum Gasteiger partial charge on any atom is -0.481 e. The van der Waals surface area contributed by atoms with E-state index in [2.05, 4.69) is 4.98 Å². The molecule has 0 aliphatic rings. The summed E-state index contributed by atoms with van der Waals surface area (Å²) >= 11 is 12.2. The molecule has 2 atom stereocenters. The molecule has 34 heavy (non-hydrogen) atoms. The van der Waals surface area contributed by atoms with Crippen LogP contribution in [0.5, 0.6) is 0 Å². The van der Waals surface area contributed by atoms with Crippen LogP contribution in [0.3, 0.4) is 0 Å². The molecule has 0 bridgehead atoms. The SMILES string of the molecule is C[C@H](CC(=O)O)CC(=O)c1c(CCCCC[C@@H](O)c2cccc(Cl)c2)n(C)c2ncc(Cl)cc12. The van der Waals surface area contributed by atoms with Gasteiger partial charge < -0.3 is 14.8 Å². The molecule has 3 aromatic rings. The number of nitrogens with zero attached hydrogens (tertiary/aromatic N) is 2. The van der Waals surface area contributed by atoms with Gasteiger partial charge in [-0.2, -0.15) is 0 Å². The minimum absolute atomic E-state index is 0.0558. The van der Waals surface area contributed by atoms with Crippen LogP contribution < -0.4 is 0 Å². The second-order valence-corrected chi connectivity index (χ2v) is 9.78. The summed E-state index contributed by atoms with van der Waals surface area (Å²) in [5, 5.41) is 21.2. The average Bonchev–Trinajstić information content (AvgIpc) is 3.03. The third kappa shape index (κ3) is 6.59. The summed E-state index contributed by atoms with van der Waals surface area (Å²) < 4.78 is 1.93. The number of rotatable bonds is 12. The molecule has 0 aliphatic carbocycles. The molecular formula is C26H30Cl2N2O4. The fourth-order valence-electron chi connectivity index (χ4n) is 4.41. The number of hydrogen-bond acceptors (Lipinski definition) is 4. The third-order valence-corrected chi connectivity index (χ3v) is 6.52. The highest BCUT2D eigenvalue weighted by Gasteiger charge is 2.24. The molecule has 0 spiro atoms. The van der Waals surface area contributed by atoms with Gasteiger partial charge in [0.1, 0.15) is 5.65 Å². The first-order valence-electron chi connectivity index (χ1n) is 11.5. The number of unbranched alkanes of at least 4 members (excludes halogenated alkanes) is 2. The van der Waals surface area contributed by atoms with E-state index >= 15 is 0 Å². The van der Waals surface area contributed by atoms with Crippen LogP contribution in [-0.2, 0) is 18.3 Å². The number of aromatic nitrogens is 2. The Bertz CT molecular complexity index is 1180. The van der Waals surface area contributed by atoms with Gasteiger partial charge in [0.15, 0.2) is 5.78 Å². The summed E-state index contributed by atoms with van der Waals surface area (Å²) in [6.45, 7) is 1.77. The molecule has 0 aliphatic heterocycles. The predicted molar refractivity (Wildman–Crippen MR) is 135 cm³/mol. The maximum Gasteiger partial charge on any atom is 0.303 e. The van der Waals surface area contributed by atoms with Crippen molar-refractivity contribution in [3.63, 3.8) is 0 Å². The molecule has 2 N–H and O–H groups in total. The number of fused-ring (bicyclic) bond motifs is 1. The van der Waals surface area contributed by atoms with E-state index in [9.17, 15) is 14.7 Å². The molecule has 2 heterocycles. The Morgan fingerprint density at radius 1 is 1.09 bits per heavy atom. The van der Waals surface area contributed by atoms with Crippen molar-refractivity contribution in [3.05, 3.63) is 63.4 Å². The van der Waals surface area contributed by atoms with Gasteiger partial charge in [0.2, 0.25) is 0 Å². The number of aryl methyl sites for hydroxylation is 1. The summed E-state index contributed by atoms with van der Waals surface area (Å²) in [7, 11) is 1.89. The van der Waals surface area contributed by atoms with E-state index < -0.39 is 12.1 Å². The second-order valence-electron chi connectivity index (χ2n) is 8.91. The first-order valence-corrected chi connectivity index (χ1v) is 12.2. The lowest BCUT2D eigenvalue weighted by Crippen LogP contribution is -2.12. The topological polar surface area (TPSA) is 92.4 Å². The van der Waals surface area contributed by atoms with E-state index in [1.54, 1.807) is 31.3 Å². The molecule has 0 saturated heterocycles. The Balaban J connectivity index is 1.70. The molecule has 8 heteroatoms. The Hall–Kier alpha value is -2.41. The number of aliphatic carboxylic acids is 1. The van der Waals surface area contributed by atoms with Crippen molar-refractivity contribution in [2.45, 2.75) is 58.0 Å². The molecule has 3 rings (SSSR count). The van der Waals surface area contributed by atoms with Crippen molar-refractivity contribution in [2.24, 2.45) is 13.0 Å². The van der Waals surface area contributed by atoms with Gasteiger partial charge in [-0.25, -0.2) is 4.98 Å². The number of Topliss-reactive ketones (excluding diaryl/α,β-unsaturated/α-hetero) is 1. The number of aliphatic hydroxyl groups excluding tert-OH is 1. The Morgan fingerprint density at radius 3 is 2.56 bits per heavy atom. The molecule has 0 amide bonds. The van der Waals surface area contributed by atoms with Crippen LogP contribution in [-0.4, -0.2) is 31.5 Å². The highest BCUT2D eigenvalue weighted by atomic mass is 35.5. The minimum atomic E-state index is -0.914. The number of ketones is 1. The Morgan fingerprint density at radius 2 is 1.85 bits per heavy atom. The number of pyridine rings is 1. The van der Waals surface area contributed by atoms with Crippen LogP contribution in [0.1, 0.15) is 73.2 Å². The molecule has 0 unspecified atom stereocenters. The van der Waals surface area contributed by atoms with Crippen molar-refractivity contribution in [2.75, 3.05) is 0 Å². The van der Waals surface area contributed by atoms with E-state index in [4.69, 9.17) is 28.3 Å². The zero-order valence-corrected chi connectivity index (χ0v) is 20.9. The highest BCUT2D eigenvalue weighted by molar-refractivity contribution is 6.31. The van der Waals surface area contributed by atoms with E-state index in [0.717, 1.165) is 30.5 Å². The van der Waals surface area contributed by atoms with Crippen LogP contribution >= 0.6 is 23.2 Å². The molecule has 0 fully saturated rings. The molecule has 1 aromatic carbocycles. The van der Waals surface area contributed by atoms with Gasteiger partial charge in [-0.3, -0.25) is 9.59 Å². The van der Waals surface area contributed by atoms with Crippen molar-refractivity contribution in [3.8, 4) is 0 Å². The average molecular weight is 505 g/mol. The third-order valence-electron chi connectivity index (χ3n) is 6.07. The maximum atomic E-state index is 13.2. The predicted octanol–water partition coefficient (Wildman–Crippen LogP) is 6.40. The van der Waals surface area contributed by atoms with Gasteiger partial charge in [0.25, 0.3) is 0 Å². The highest BCUT2D eigenvalue weighted by Crippen LogP contribution is 2.30. The quantitative estimate of drug-likeness (QED) is 0.220. The summed E-state index contributed by atoms with van der Waals surface area (Å²) in [5.41, 5.74) is 2.97. The largest absolute Gasteiger partial charge is 0.481 e. The van der Waals surface area contributed by atoms with Gasteiger partial charge in [-0.1, -0.05) is 55.1 Å². The monoisotopic (exact) mass is 504 g/mol. The van der Waals surface area contributed by atoms with E-state index in [1.165, 1.54) is 0 Å². The van der Waals surface area contributed by atoms with Crippen molar-refractivity contribution in [1.82, 2.24) is 9.55 Å². The zero-order chi connectivity index (χ0) is 24.8. The van der Waals surface area contributed by atoms with Gasteiger partial charge in [-0.15, -0.1) is 0 Å². The fraction of sp³-hybridized carbons (Fsp3) is 0.423. The van der Waals surface area contributed by atoms with E-state index in [0.29, 0.717) is 39.5 Å². The fourth-order valence-corrected chi connectivity index (χ4v) is 4.77. The Labute approximate surface area is 209 Å². The number of carbonyl (C=O) groups is 2. The lowest BCUT2D eigenvalue weighted by Gasteiger charge is -2.12. The molecule has 182 valence electrons. The summed E-state index contributed by atoms with van der Waals surface area (Å²) in [4.78, 5) is 28.7. The van der Waals surface area contributed by atoms with Crippen LogP contribution in [0, 0.1) is 5.92 Å². The first kappa shape index (κ1) is 26.2. The number of halogens is 2. The maximum absolute atomic E-state index is 13.2. The van der Waals surface area contributed by atoms with Gasteiger partial charge in [0, 0.05) is 47.8 Å². The molecular weight excluding hydrogens is 475 g/mol. The molecule has 0 saturated carbocycles. The zero-order valence-electron chi connectivity index (χ0n) is 19.4. The van der Waals surface area contributed by atoms with E-state index in [-0.39, 0.29) is 24.5 Å². The number of carbonyl (C=O) groups excluding carboxylic acids is 1. The summed E-state index contributed by atoms with van der Waals surface area (Å²) in [6, 6.07) is 9.02. The van der Waals surface area contributed by atoms with Gasteiger partial charge in [-0.05, 0) is 48.9 Å². The van der Waals surface area contributed by atoms with Crippen molar-refractivity contribution >= 4 is 46.0 Å². The number of carboxylic acids is 1. The first-order chi connectivity index (χ1) is 16.2. The second kappa shape index (κ2) is 11.8. The molecule has 2 aromatic heterocycles. The number of aliphatic hydroxyl groups is 1. The summed E-state index contributed by atoms with van der Waals surface area (Å²) in [5.74, 6) is -1.27. The number of hydrogen-bond donors (Lipinski definition) is 2. The smallest absolute Gasteiger partial charge is 0.303 e.